The number of ether oxygens (including phenoxy) is 2. The molecule has 2 aromatic heterocycles. The van der Waals surface area contributed by atoms with Gasteiger partial charge in [0.2, 0.25) is 11.3 Å². The number of hydrogen-bond donors (Lipinski definition) is 1. The van der Waals surface area contributed by atoms with E-state index in [9.17, 15) is 9.18 Å². The summed E-state index contributed by atoms with van der Waals surface area (Å²) in [6, 6.07) is 9.10. The normalized spacial score (nSPS) is 10.9. The molecule has 0 aliphatic rings. The lowest BCUT2D eigenvalue weighted by Crippen LogP contribution is -2.06. The van der Waals surface area contributed by atoms with Crippen LogP contribution >= 0.6 is 0 Å². The number of aromatic nitrogens is 3. The van der Waals surface area contributed by atoms with Gasteiger partial charge in [-0.15, -0.1) is 0 Å². The van der Waals surface area contributed by atoms with Gasteiger partial charge < -0.3 is 19.0 Å². The van der Waals surface area contributed by atoms with E-state index in [1.54, 1.807) is 18.2 Å². The number of benzene rings is 2. The van der Waals surface area contributed by atoms with Crippen molar-refractivity contribution in [2.45, 2.75) is 0 Å². The summed E-state index contributed by atoms with van der Waals surface area (Å²) in [7, 11) is 3.07. The van der Waals surface area contributed by atoms with Crippen LogP contribution in [0.15, 0.2) is 51.9 Å². The fourth-order valence-electron chi connectivity index (χ4n) is 2.74. The molecule has 0 amide bonds. The molecule has 2 heterocycles. The molecule has 0 unspecified atom stereocenters. The largest absolute Gasteiger partial charge is 0.497 e. The first kappa shape index (κ1) is 16.8. The van der Waals surface area contributed by atoms with Crippen molar-refractivity contribution in [3.05, 3.63) is 58.6 Å². The van der Waals surface area contributed by atoms with E-state index in [0.29, 0.717) is 22.6 Å². The van der Waals surface area contributed by atoms with E-state index in [0.717, 1.165) is 0 Å². The smallest absolute Gasteiger partial charge is 0.263 e. The minimum absolute atomic E-state index is 0.0270. The molecule has 4 rings (SSSR count). The second kappa shape index (κ2) is 6.56. The molecule has 0 radical (unpaired) electrons. The molecule has 136 valence electrons. The van der Waals surface area contributed by atoms with Gasteiger partial charge in [-0.2, -0.15) is 4.98 Å². The molecular formula is C19H14FN3O4. The maximum absolute atomic E-state index is 13.5. The molecule has 0 atom stereocenters. The maximum Gasteiger partial charge on any atom is 0.263 e. The van der Waals surface area contributed by atoms with Gasteiger partial charge >= 0.3 is 0 Å². The minimum Gasteiger partial charge on any atom is -0.497 e. The van der Waals surface area contributed by atoms with Crippen LogP contribution in [0.2, 0.25) is 0 Å². The Morgan fingerprint density at radius 2 is 1.81 bits per heavy atom. The summed E-state index contributed by atoms with van der Waals surface area (Å²) in [6.07, 6.45) is 1.46. The van der Waals surface area contributed by atoms with Crippen molar-refractivity contribution in [1.29, 1.82) is 0 Å². The molecule has 0 aliphatic carbocycles. The van der Waals surface area contributed by atoms with E-state index in [2.05, 4.69) is 15.1 Å². The standard InChI is InChI=1S/C19H14FN3O4/c1-25-12-5-10(6-13(8-12)26-2)18-22-19(27-23-18)15-9-21-16-4-3-11(20)7-14(16)17(15)24/h3-9H,1-2H3,(H,21,24). The molecule has 0 saturated heterocycles. The number of nitrogens with zero attached hydrogens (tertiary/aromatic N) is 2. The second-order valence-corrected chi connectivity index (χ2v) is 5.75. The third kappa shape index (κ3) is 3.01. The highest BCUT2D eigenvalue weighted by molar-refractivity contribution is 5.82. The third-order valence-electron chi connectivity index (χ3n) is 4.11. The Morgan fingerprint density at radius 1 is 1.07 bits per heavy atom. The Labute approximate surface area is 152 Å². The summed E-state index contributed by atoms with van der Waals surface area (Å²) in [5.41, 5.74) is 0.871. The lowest BCUT2D eigenvalue weighted by atomic mass is 10.1. The number of methoxy groups -OCH3 is 2. The van der Waals surface area contributed by atoms with Gasteiger partial charge in [0, 0.05) is 28.7 Å². The zero-order chi connectivity index (χ0) is 19.0. The van der Waals surface area contributed by atoms with Crippen molar-refractivity contribution in [3.8, 4) is 34.3 Å². The minimum atomic E-state index is -0.500. The number of aromatic amines is 1. The molecule has 0 saturated carbocycles. The molecular weight excluding hydrogens is 353 g/mol. The molecule has 2 aromatic carbocycles. The van der Waals surface area contributed by atoms with E-state index in [1.807, 2.05) is 0 Å². The molecule has 1 N–H and O–H groups in total. The molecule has 0 fully saturated rings. The monoisotopic (exact) mass is 367 g/mol. The second-order valence-electron chi connectivity index (χ2n) is 5.75. The van der Waals surface area contributed by atoms with E-state index in [1.165, 1.54) is 38.6 Å². The van der Waals surface area contributed by atoms with Crippen molar-refractivity contribution >= 4 is 10.9 Å². The quantitative estimate of drug-likeness (QED) is 0.595. The van der Waals surface area contributed by atoms with Gasteiger partial charge in [0.1, 0.15) is 22.9 Å². The Balaban J connectivity index is 1.81. The number of H-pyrrole nitrogens is 1. The number of fused-ring (bicyclic) bond motifs is 1. The summed E-state index contributed by atoms with van der Waals surface area (Å²) in [4.78, 5) is 19.9. The van der Waals surface area contributed by atoms with Gasteiger partial charge in [0.15, 0.2) is 0 Å². The van der Waals surface area contributed by atoms with Gasteiger partial charge in [-0.25, -0.2) is 4.39 Å². The topological polar surface area (TPSA) is 90.2 Å². The van der Waals surface area contributed by atoms with Gasteiger partial charge in [0.25, 0.3) is 5.89 Å². The van der Waals surface area contributed by atoms with Crippen LogP contribution in [0.4, 0.5) is 4.39 Å². The first-order chi connectivity index (χ1) is 13.1. The molecule has 27 heavy (non-hydrogen) atoms. The fourth-order valence-corrected chi connectivity index (χ4v) is 2.74. The average Bonchev–Trinajstić information content (AvgIpc) is 3.18. The first-order valence-corrected chi connectivity index (χ1v) is 7.97. The molecule has 4 aromatic rings. The average molecular weight is 367 g/mol. The van der Waals surface area contributed by atoms with E-state index < -0.39 is 11.2 Å². The molecule has 0 spiro atoms. The van der Waals surface area contributed by atoms with Crippen molar-refractivity contribution in [2.24, 2.45) is 0 Å². The lowest BCUT2D eigenvalue weighted by Gasteiger charge is -2.05. The SMILES string of the molecule is COc1cc(OC)cc(-c2noc(-c3c[nH]c4ccc(F)cc4c3=O)n2)c1. The molecule has 0 aliphatic heterocycles. The Hall–Kier alpha value is -3.68. The van der Waals surface area contributed by atoms with Crippen LogP contribution in [0.25, 0.3) is 33.7 Å². The number of nitrogens with one attached hydrogen (secondary N) is 1. The molecule has 7 nitrogen and oxygen atoms in total. The summed E-state index contributed by atoms with van der Waals surface area (Å²) < 4.78 is 29.2. The predicted molar refractivity (Wildman–Crippen MR) is 96.4 cm³/mol. The van der Waals surface area contributed by atoms with Crippen LogP contribution < -0.4 is 14.9 Å². The van der Waals surface area contributed by atoms with Crippen LogP contribution in [0.1, 0.15) is 0 Å². The summed E-state index contributed by atoms with van der Waals surface area (Å²) in [6.45, 7) is 0. The van der Waals surface area contributed by atoms with E-state index in [-0.39, 0.29) is 22.7 Å². The molecule has 0 bridgehead atoms. The first-order valence-electron chi connectivity index (χ1n) is 7.97. The Bertz CT molecular complexity index is 1180. The van der Waals surface area contributed by atoms with Gasteiger partial charge in [-0.1, -0.05) is 5.16 Å². The van der Waals surface area contributed by atoms with Gasteiger partial charge in [0.05, 0.1) is 14.2 Å². The van der Waals surface area contributed by atoms with Crippen LogP contribution in [-0.4, -0.2) is 29.3 Å². The maximum atomic E-state index is 13.5. The van der Waals surface area contributed by atoms with Crippen molar-refractivity contribution in [3.63, 3.8) is 0 Å². The van der Waals surface area contributed by atoms with Crippen LogP contribution in [-0.2, 0) is 0 Å². The Kier molecular flexibility index (Phi) is 4.08. The van der Waals surface area contributed by atoms with E-state index in [4.69, 9.17) is 14.0 Å². The Morgan fingerprint density at radius 3 is 2.52 bits per heavy atom. The number of halogens is 1. The van der Waals surface area contributed by atoms with E-state index >= 15 is 0 Å². The lowest BCUT2D eigenvalue weighted by molar-refractivity contribution is 0.394. The highest BCUT2D eigenvalue weighted by atomic mass is 19.1. The van der Waals surface area contributed by atoms with Crippen LogP contribution in [0, 0.1) is 5.82 Å². The fraction of sp³-hybridized carbons (Fsp3) is 0.105. The zero-order valence-corrected chi connectivity index (χ0v) is 14.4. The van der Waals surface area contributed by atoms with Gasteiger partial charge in [-0.3, -0.25) is 4.79 Å². The number of pyridine rings is 1. The van der Waals surface area contributed by atoms with Crippen LogP contribution in [0.3, 0.4) is 0 Å². The van der Waals surface area contributed by atoms with Crippen LogP contribution in [0.5, 0.6) is 11.5 Å². The van der Waals surface area contributed by atoms with Gasteiger partial charge in [-0.05, 0) is 30.3 Å². The van der Waals surface area contributed by atoms with Crippen molar-refractivity contribution in [2.75, 3.05) is 14.2 Å². The highest BCUT2D eigenvalue weighted by Crippen LogP contribution is 2.29. The van der Waals surface area contributed by atoms with Crippen molar-refractivity contribution < 1.29 is 18.4 Å². The number of rotatable bonds is 4. The number of hydrogen-bond acceptors (Lipinski definition) is 6. The predicted octanol–water partition coefficient (Wildman–Crippen LogP) is 3.40. The summed E-state index contributed by atoms with van der Waals surface area (Å²) >= 11 is 0. The van der Waals surface area contributed by atoms with Crippen molar-refractivity contribution in [1.82, 2.24) is 15.1 Å². The third-order valence-corrected chi connectivity index (χ3v) is 4.11. The molecule has 8 heteroatoms. The highest BCUT2D eigenvalue weighted by Gasteiger charge is 2.17. The summed E-state index contributed by atoms with van der Waals surface area (Å²) in [5.74, 6) is 0.921. The summed E-state index contributed by atoms with van der Waals surface area (Å²) in [5, 5.41) is 4.13. The zero-order valence-electron chi connectivity index (χ0n) is 14.4.